The third-order valence-electron chi connectivity index (χ3n) is 10.3. The monoisotopic (exact) mass is 438 g/mol. The molecule has 3 unspecified atom stereocenters. The molecule has 0 N–H and O–H groups in total. The molecule has 6 heteroatoms. The zero-order chi connectivity index (χ0) is 22.9. The van der Waals surface area contributed by atoms with Crippen LogP contribution in [0.25, 0.3) is 0 Å². The topological polar surface area (TPSA) is 86.1 Å². The highest BCUT2D eigenvalue weighted by atomic mass is 16.7. The van der Waals surface area contributed by atoms with E-state index in [9.17, 15) is 14.4 Å². The van der Waals surface area contributed by atoms with Crippen LogP contribution in [0.15, 0.2) is 35.2 Å². The number of carbonyl (C=O) groups is 3. The van der Waals surface area contributed by atoms with E-state index in [-0.39, 0.29) is 28.8 Å². The standard InChI is InChI=1S/C26H30O6/c1-22(2)16-12-18(28)25(5)15(23(16,3)9-7-17(22)27)6-10-24(4)19(14-8-11-30-13-14)31-21(29)20-26(24,25)32-20/h7-9,11,13,15-16,19-20H,6,10,12H2,1-5H3/t15?,16?,19-,20+,23+,24?,25-,26+/m0/s1. The van der Waals surface area contributed by atoms with Crippen molar-refractivity contribution in [3.63, 3.8) is 0 Å². The van der Waals surface area contributed by atoms with Crippen molar-refractivity contribution in [2.45, 2.75) is 71.7 Å². The van der Waals surface area contributed by atoms with E-state index in [4.69, 9.17) is 13.9 Å². The lowest BCUT2D eigenvalue weighted by Crippen LogP contribution is -2.71. The van der Waals surface area contributed by atoms with Gasteiger partial charge in [-0.1, -0.05) is 33.8 Å². The van der Waals surface area contributed by atoms with Crippen molar-refractivity contribution < 1.29 is 28.3 Å². The minimum absolute atomic E-state index is 0.0288. The van der Waals surface area contributed by atoms with Gasteiger partial charge in [-0.2, -0.15) is 0 Å². The van der Waals surface area contributed by atoms with Crippen LogP contribution in [0.4, 0.5) is 0 Å². The summed E-state index contributed by atoms with van der Waals surface area (Å²) in [6.07, 6.45) is 7.57. The van der Waals surface area contributed by atoms with Crippen LogP contribution < -0.4 is 0 Å². The van der Waals surface area contributed by atoms with Crippen molar-refractivity contribution in [2.24, 2.45) is 33.5 Å². The Kier molecular flexibility index (Phi) is 3.60. The van der Waals surface area contributed by atoms with Crippen molar-refractivity contribution in [1.29, 1.82) is 0 Å². The summed E-state index contributed by atoms with van der Waals surface area (Å²) < 4.78 is 17.5. The zero-order valence-corrected chi connectivity index (χ0v) is 19.3. The molecule has 8 atom stereocenters. The number of cyclic esters (lactones) is 1. The van der Waals surface area contributed by atoms with Crippen LogP contribution >= 0.6 is 0 Å². The number of furan rings is 1. The normalized spacial score (nSPS) is 50.6. The van der Waals surface area contributed by atoms with E-state index in [1.54, 1.807) is 18.6 Å². The number of esters is 1. The van der Waals surface area contributed by atoms with Crippen LogP contribution in [0.3, 0.4) is 0 Å². The predicted octanol–water partition coefficient (Wildman–Crippen LogP) is 4.20. The molecule has 32 heavy (non-hydrogen) atoms. The molecule has 3 aliphatic carbocycles. The van der Waals surface area contributed by atoms with E-state index >= 15 is 0 Å². The smallest absolute Gasteiger partial charge is 0.339 e. The fraction of sp³-hybridized carbons (Fsp3) is 0.654. The van der Waals surface area contributed by atoms with Gasteiger partial charge < -0.3 is 13.9 Å². The van der Waals surface area contributed by atoms with Gasteiger partial charge in [-0.25, -0.2) is 4.79 Å². The molecule has 5 aliphatic rings. The molecule has 0 aromatic carbocycles. The van der Waals surface area contributed by atoms with Crippen molar-refractivity contribution in [1.82, 2.24) is 0 Å². The molecule has 2 saturated carbocycles. The van der Waals surface area contributed by atoms with Gasteiger partial charge in [-0.3, -0.25) is 9.59 Å². The fourth-order valence-electron chi connectivity index (χ4n) is 8.56. The van der Waals surface area contributed by atoms with Crippen molar-refractivity contribution >= 4 is 17.5 Å². The zero-order valence-electron chi connectivity index (χ0n) is 19.3. The van der Waals surface area contributed by atoms with Gasteiger partial charge in [-0.15, -0.1) is 0 Å². The van der Waals surface area contributed by atoms with Gasteiger partial charge in [0.25, 0.3) is 0 Å². The molecular weight excluding hydrogens is 408 g/mol. The van der Waals surface area contributed by atoms with Gasteiger partial charge in [0.2, 0.25) is 0 Å². The fourth-order valence-corrected chi connectivity index (χ4v) is 8.56. The number of rotatable bonds is 1. The minimum atomic E-state index is -0.912. The van der Waals surface area contributed by atoms with E-state index in [1.165, 1.54) is 0 Å². The summed E-state index contributed by atoms with van der Waals surface area (Å²) in [7, 11) is 0. The minimum Gasteiger partial charge on any atom is -0.472 e. The van der Waals surface area contributed by atoms with Gasteiger partial charge in [0.05, 0.1) is 17.9 Å². The number of epoxide rings is 1. The maximum absolute atomic E-state index is 14.1. The van der Waals surface area contributed by atoms with Crippen LogP contribution in [0.2, 0.25) is 0 Å². The summed E-state index contributed by atoms with van der Waals surface area (Å²) in [4.78, 5) is 39.8. The Bertz CT molecular complexity index is 1080. The number of hydrogen-bond acceptors (Lipinski definition) is 6. The first kappa shape index (κ1) is 20.4. The molecule has 1 spiro atoms. The first-order chi connectivity index (χ1) is 14.9. The first-order valence-corrected chi connectivity index (χ1v) is 11.6. The third-order valence-corrected chi connectivity index (χ3v) is 10.3. The summed E-state index contributed by atoms with van der Waals surface area (Å²) in [5.74, 6) is -0.312. The molecule has 3 heterocycles. The average Bonchev–Trinajstić information content (AvgIpc) is 3.30. The molecule has 2 aliphatic heterocycles. The third kappa shape index (κ3) is 1.92. The van der Waals surface area contributed by atoms with Gasteiger partial charge in [0.1, 0.15) is 17.5 Å². The Labute approximate surface area is 187 Å². The maximum atomic E-state index is 14.1. The van der Waals surface area contributed by atoms with Gasteiger partial charge in [0.15, 0.2) is 11.9 Å². The van der Waals surface area contributed by atoms with Crippen LogP contribution in [-0.2, 0) is 23.9 Å². The van der Waals surface area contributed by atoms with Gasteiger partial charge in [0, 0.05) is 22.8 Å². The maximum Gasteiger partial charge on any atom is 0.339 e. The molecule has 1 aromatic heterocycles. The summed E-state index contributed by atoms with van der Waals surface area (Å²) in [5, 5.41) is 0. The molecule has 1 aromatic rings. The molecular formula is C26H30O6. The Balaban J connectivity index is 1.53. The Morgan fingerprint density at radius 3 is 2.44 bits per heavy atom. The van der Waals surface area contributed by atoms with Crippen molar-refractivity contribution in [3.8, 4) is 0 Å². The second kappa shape index (κ2) is 5.64. The van der Waals surface area contributed by atoms with E-state index in [0.717, 1.165) is 18.4 Å². The number of ether oxygens (including phenoxy) is 2. The number of fused-ring (bicyclic) bond motifs is 3. The second-order valence-corrected chi connectivity index (χ2v) is 11.8. The quantitative estimate of drug-likeness (QED) is 0.483. The Hall–Kier alpha value is -2.21. The number of carbonyl (C=O) groups excluding carboxylic acids is 3. The van der Waals surface area contributed by atoms with Crippen molar-refractivity contribution in [3.05, 3.63) is 36.3 Å². The lowest BCUT2D eigenvalue weighted by Gasteiger charge is -2.66. The second-order valence-electron chi connectivity index (χ2n) is 11.8. The van der Waals surface area contributed by atoms with Crippen LogP contribution in [-0.4, -0.2) is 29.2 Å². The van der Waals surface area contributed by atoms with Gasteiger partial charge in [-0.05, 0) is 49.2 Å². The number of ketones is 2. The van der Waals surface area contributed by atoms with Crippen LogP contribution in [0, 0.1) is 33.5 Å². The number of allylic oxidation sites excluding steroid dienone is 2. The molecule has 0 radical (unpaired) electrons. The van der Waals surface area contributed by atoms with E-state index < -0.39 is 40.0 Å². The van der Waals surface area contributed by atoms with Crippen molar-refractivity contribution in [2.75, 3.05) is 0 Å². The first-order valence-electron chi connectivity index (χ1n) is 11.6. The summed E-state index contributed by atoms with van der Waals surface area (Å²) in [5.41, 5.74) is -2.45. The molecule has 0 bridgehead atoms. The average molecular weight is 439 g/mol. The predicted molar refractivity (Wildman–Crippen MR) is 113 cm³/mol. The molecule has 0 amide bonds. The van der Waals surface area contributed by atoms with E-state index in [1.807, 2.05) is 32.9 Å². The molecule has 6 nitrogen and oxygen atoms in total. The molecule has 4 fully saturated rings. The molecule has 170 valence electrons. The van der Waals surface area contributed by atoms with E-state index in [0.29, 0.717) is 6.42 Å². The highest BCUT2D eigenvalue weighted by Gasteiger charge is 2.88. The number of hydrogen-bond donors (Lipinski definition) is 0. The summed E-state index contributed by atoms with van der Waals surface area (Å²) in [6, 6.07) is 1.83. The molecule has 6 rings (SSSR count). The largest absolute Gasteiger partial charge is 0.472 e. The lowest BCUT2D eigenvalue weighted by atomic mass is 9.36. The molecule has 2 saturated heterocycles. The van der Waals surface area contributed by atoms with E-state index in [2.05, 4.69) is 13.8 Å². The Morgan fingerprint density at radius 2 is 1.75 bits per heavy atom. The highest BCUT2D eigenvalue weighted by molar-refractivity contribution is 5.98. The SMILES string of the molecule is CC1(C)C(=O)C=C[C@@]2(C)C1CC(=O)[C@]1(C)C2CCC2(C)[C@H](c3ccoc3)OC(=O)[C@H]3O[C@]321. The Morgan fingerprint density at radius 1 is 1.00 bits per heavy atom. The highest BCUT2D eigenvalue weighted by Crippen LogP contribution is 2.78. The number of Topliss-reactive ketones (excluding diaryl/α,β-unsaturated/α-hetero) is 1. The lowest BCUT2D eigenvalue weighted by molar-refractivity contribution is -0.210. The summed E-state index contributed by atoms with van der Waals surface area (Å²) >= 11 is 0. The van der Waals surface area contributed by atoms with Crippen LogP contribution in [0.5, 0.6) is 0 Å². The van der Waals surface area contributed by atoms with Crippen LogP contribution in [0.1, 0.15) is 65.5 Å². The van der Waals surface area contributed by atoms with Gasteiger partial charge >= 0.3 is 5.97 Å². The summed E-state index contributed by atoms with van der Waals surface area (Å²) in [6.45, 7) is 10.2.